The zero-order chi connectivity index (χ0) is 20.6. The van der Waals surface area contributed by atoms with Gasteiger partial charge < -0.3 is 19.4 Å². The smallest absolute Gasteiger partial charge is 0.247 e. The first kappa shape index (κ1) is 19.5. The fourth-order valence-corrected chi connectivity index (χ4v) is 5.12. The Balaban J connectivity index is 1.54. The van der Waals surface area contributed by atoms with Crippen LogP contribution >= 0.6 is 0 Å². The molecule has 1 aromatic heterocycles. The molecular formula is C20H24N4O4S. The van der Waals surface area contributed by atoms with Gasteiger partial charge in [-0.15, -0.1) is 0 Å². The fourth-order valence-electron chi connectivity index (χ4n) is 3.52. The van der Waals surface area contributed by atoms with Gasteiger partial charge in [-0.1, -0.05) is 6.07 Å². The van der Waals surface area contributed by atoms with Crippen LogP contribution in [0.2, 0.25) is 0 Å². The Morgan fingerprint density at radius 1 is 1.00 bits per heavy atom. The first-order valence-electron chi connectivity index (χ1n) is 9.36. The third-order valence-corrected chi connectivity index (χ3v) is 7.07. The molecule has 1 saturated heterocycles. The largest absolute Gasteiger partial charge is 0.497 e. The lowest BCUT2D eigenvalue weighted by Gasteiger charge is -2.34. The van der Waals surface area contributed by atoms with Crippen molar-refractivity contribution in [3.05, 3.63) is 42.0 Å². The number of anilines is 1. The van der Waals surface area contributed by atoms with E-state index in [2.05, 4.69) is 20.9 Å². The maximum atomic E-state index is 13.2. The molecule has 8 nitrogen and oxygen atoms in total. The summed E-state index contributed by atoms with van der Waals surface area (Å²) in [6.07, 6.45) is 0. The molecule has 0 aliphatic carbocycles. The van der Waals surface area contributed by atoms with Gasteiger partial charge in [-0.3, -0.25) is 0 Å². The maximum absolute atomic E-state index is 13.2. The monoisotopic (exact) mass is 416 g/mol. The van der Waals surface area contributed by atoms with Crippen LogP contribution < -0.4 is 14.4 Å². The van der Waals surface area contributed by atoms with E-state index < -0.39 is 10.0 Å². The number of nitrogens with one attached hydrogen (secondary N) is 1. The number of hydrogen-bond donors (Lipinski definition) is 1. The number of methoxy groups -OCH3 is 2. The lowest BCUT2D eigenvalue weighted by atomic mass is 10.2. The Kier molecular flexibility index (Phi) is 5.10. The van der Waals surface area contributed by atoms with E-state index in [9.17, 15) is 8.42 Å². The number of fused-ring (bicyclic) bond motifs is 1. The number of imidazole rings is 1. The van der Waals surface area contributed by atoms with Gasteiger partial charge in [0.2, 0.25) is 16.0 Å². The molecule has 1 aliphatic rings. The van der Waals surface area contributed by atoms with Gasteiger partial charge in [0.1, 0.15) is 16.4 Å². The second-order valence-corrected chi connectivity index (χ2v) is 8.90. The Morgan fingerprint density at radius 2 is 1.76 bits per heavy atom. The van der Waals surface area contributed by atoms with Gasteiger partial charge in [-0.25, -0.2) is 13.4 Å². The van der Waals surface area contributed by atoms with Crippen molar-refractivity contribution < 1.29 is 17.9 Å². The molecule has 0 amide bonds. The third-order valence-electron chi connectivity index (χ3n) is 5.15. The summed E-state index contributed by atoms with van der Waals surface area (Å²) < 4.78 is 38.3. The predicted octanol–water partition coefficient (Wildman–Crippen LogP) is 2.40. The highest BCUT2D eigenvalue weighted by molar-refractivity contribution is 7.89. The molecular weight excluding hydrogens is 392 g/mol. The number of rotatable bonds is 5. The first-order valence-corrected chi connectivity index (χ1v) is 10.8. The van der Waals surface area contributed by atoms with Crippen molar-refractivity contribution in [1.29, 1.82) is 0 Å². The van der Waals surface area contributed by atoms with Crippen molar-refractivity contribution in [1.82, 2.24) is 14.3 Å². The summed E-state index contributed by atoms with van der Waals surface area (Å²) in [5.74, 6) is 1.54. The molecule has 29 heavy (non-hydrogen) atoms. The van der Waals surface area contributed by atoms with Gasteiger partial charge >= 0.3 is 0 Å². The number of hydrogen-bond acceptors (Lipinski definition) is 6. The maximum Gasteiger partial charge on any atom is 0.247 e. The zero-order valence-corrected chi connectivity index (χ0v) is 17.5. The predicted molar refractivity (Wildman–Crippen MR) is 111 cm³/mol. The van der Waals surface area contributed by atoms with Crippen LogP contribution in [-0.2, 0) is 10.0 Å². The number of nitrogens with zero attached hydrogens (tertiary/aromatic N) is 3. The minimum atomic E-state index is -3.70. The molecule has 0 bridgehead atoms. The minimum absolute atomic E-state index is 0.118. The SMILES string of the molecule is COc1ccc(OC)c(S(=O)(=O)N2CCN(c3nc4ccc(C)cc4[nH]3)CC2)c1. The summed E-state index contributed by atoms with van der Waals surface area (Å²) in [7, 11) is -0.736. The van der Waals surface area contributed by atoms with Crippen LogP contribution in [0.4, 0.5) is 5.95 Å². The van der Waals surface area contributed by atoms with E-state index in [1.54, 1.807) is 12.1 Å². The normalized spacial score (nSPS) is 15.6. The topological polar surface area (TPSA) is 87.8 Å². The molecule has 2 heterocycles. The van der Waals surface area contributed by atoms with Crippen LogP contribution in [0.5, 0.6) is 11.5 Å². The summed E-state index contributed by atoms with van der Waals surface area (Å²) in [5, 5.41) is 0. The minimum Gasteiger partial charge on any atom is -0.497 e. The summed E-state index contributed by atoms with van der Waals surface area (Å²) in [5.41, 5.74) is 3.05. The highest BCUT2D eigenvalue weighted by Gasteiger charge is 2.32. The Bertz CT molecular complexity index is 1130. The molecule has 0 unspecified atom stereocenters. The number of aromatic nitrogens is 2. The molecule has 0 spiro atoms. The van der Waals surface area contributed by atoms with Crippen molar-refractivity contribution >= 4 is 27.0 Å². The molecule has 2 aromatic carbocycles. The zero-order valence-electron chi connectivity index (χ0n) is 16.7. The van der Waals surface area contributed by atoms with E-state index in [0.717, 1.165) is 22.5 Å². The molecule has 1 fully saturated rings. The standard InChI is InChI=1S/C20H24N4O4S/c1-14-4-6-16-17(12-14)22-20(21-16)23-8-10-24(11-9-23)29(25,26)19-13-15(27-2)5-7-18(19)28-3/h4-7,12-13H,8-11H2,1-3H3,(H,21,22). The molecule has 0 saturated carbocycles. The second kappa shape index (κ2) is 7.57. The lowest BCUT2D eigenvalue weighted by Crippen LogP contribution is -2.49. The van der Waals surface area contributed by atoms with Crippen LogP contribution in [0.15, 0.2) is 41.3 Å². The summed E-state index contributed by atoms with van der Waals surface area (Å²) in [6, 6.07) is 10.9. The molecule has 4 rings (SSSR count). The molecule has 3 aromatic rings. The van der Waals surface area contributed by atoms with Gasteiger partial charge in [0.25, 0.3) is 0 Å². The van der Waals surface area contributed by atoms with Crippen LogP contribution in [0, 0.1) is 6.92 Å². The third kappa shape index (κ3) is 3.63. The number of piperazine rings is 1. The fraction of sp³-hybridized carbons (Fsp3) is 0.350. The lowest BCUT2D eigenvalue weighted by molar-refractivity contribution is 0.369. The number of sulfonamides is 1. The van der Waals surface area contributed by atoms with Crippen molar-refractivity contribution in [3.63, 3.8) is 0 Å². The van der Waals surface area contributed by atoms with E-state index in [1.165, 1.54) is 24.6 Å². The highest BCUT2D eigenvalue weighted by atomic mass is 32.2. The summed E-state index contributed by atoms with van der Waals surface area (Å²) in [6.45, 7) is 3.85. The molecule has 1 aliphatic heterocycles. The number of benzene rings is 2. The van der Waals surface area contributed by atoms with Gasteiger partial charge in [-0.2, -0.15) is 4.31 Å². The highest BCUT2D eigenvalue weighted by Crippen LogP contribution is 2.31. The van der Waals surface area contributed by atoms with Crippen LogP contribution in [-0.4, -0.2) is 63.1 Å². The van der Waals surface area contributed by atoms with Crippen molar-refractivity contribution in [2.24, 2.45) is 0 Å². The van der Waals surface area contributed by atoms with Crippen molar-refractivity contribution in [2.45, 2.75) is 11.8 Å². The number of ether oxygens (including phenoxy) is 2. The Morgan fingerprint density at radius 3 is 2.45 bits per heavy atom. The second-order valence-electron chi connectivity index (χ2n) is 6.99. The quantitative estimate of drug-likeness (QED) is 0.687. The number of aryl methyl sites for hydroxylation is 1. The van der Waals surface area contributed by atoms with Crippen molar-refractivity contribution in [2.75, 3.05) is 45.3 Å². The van der Waals surface area contributed by atoms with Gasteiger partial charge in [0.05, 0.1) is 25.3 Å². The molecule has 1 N–H and O–H groups in total. The summed E-state index contributed by atoms with van der Waals surface area (Å²) >= 11 is 0. The van der Waals surface area contributed by atoms with E-state index in [4.69, 9.17) is 9.47 Å². The Hall–Kier alpha value is -2.78. The van der Waals surface area contributed by atoms with Gasteiger partial charge in [0.15, 0.2) is 0 Å². The van der Waals surface area contributed by atoms with E-state index >= 15 is 0 Å². The van der Waals surface area contributed by atoms with E-state index in [0.29, 0.717) is 37.7 Å². The molecule has 154 valence electrons. The van der Waals surface area contributed by atoms with Gasteiger partial charge in [0, 0.05) is 32.2 Å². The van der Waals surface area contributed by atoms with Crippen molar-refractivity contribution in [3.8, 4) is 11.5 Å². The summed E-state index contributed by atoms with van der Waals surface area (Å²) in [4.78, 5) is 10.2. The van der Waals surface area contributed by atoms with E-state index in [-0.39, 0.29) is 4.90 Å². The number of aromatic amines is 1. The van der Waals surface area contributed by atoms with Crippen LogP contribution in [0.3, 0.4) is 0 Å². The van der Waals surface area contributed by atoms with Crippen LogP contribution in [0.25, 0.3) is 11.0 Å². The average Bonchev–Trinajstić information content (AvgIpc) is 3.16. The average molecular weight is 417 g/mol. The van der Waals surface area contributed by atoms with Crippen LogP contribution in [0.1, 0.15) is 5.56 Å². The van der Waals surface area contributed by atoms with Gasteiger partial charge in [-0.05, 0) is 36.8 Å². The molecule has 0 radical (unpaired) electrons. The molecule has 9 heteroatoms. The molecule has 0 atom stereocenters. The number of H-pyrrole nitrogens is 1. The van der Waals surface area contributed by atoms with E-state index in [1.807, 2.05) is 19.1 Å². The Labute approximate surface area is 170 Å². The first-order chi connectivity index (χ1) is 13.9.